The Labute approximate surface area is 133 Å². The molecule has 0 saturated carbocycles. The molecule has 2 rings (SSSR count). The summed E-state index contributed by atoms with van der Waals surface area (Å²) in [6, 6.07) is 9.89. The van der Waals surface area contributed by atoms with Crippen molar-refractivity contribution in [3.63, 3.8) is 0 Å². The molecule has 0 aliphatic carbocycles. The summed E-state index contributed by atoms with van der Waals surface area (Å²) in [4.78, 5) is 13.8. The topological polar surface area (TPSA) is 72.5 Å². The van der Waals surface area contributed by atoms with E-state index in [2.05, 4.69) is 5.32 Å². The van der Waals surface area contributed by atoms with Gasteiger partial charge in [-0.15, -0.1) is 11.3 Å². The Balaban J connectivity index is 1.78. The zero-order valence-electron chi connectivity index (χ0n) is 12.3. The molecule has 0 fully saturated rings. The van der Waals surface area contributed by atoms with Crippen LogP contribution in [0.3, 0.4) is 0 Å². The van der Waals surface area contributed by atoms with Crippen molar-refractivity contribution in [3.05, 3.63) is 46.2 Å². The third-order valence-corrected chi connectivity index (χ3v) is 5.00. The van der Waals surface area contributed by atoms with Crippen LogP contribution in [0.15, 0.2) is 41.3 Å². The number of aryl methyl sites for hydroxylation is 1. The van der Waals surface area contributed by atoms with E-state index in [4.69, 9.17) is 4.74 Å². The van der Waals surface area contributed by atoms with Crippen molar-refractivity contribution in [2.45, 2.75) is 11.8 Å². The van der Waals surface area contributed by atoms with Gasteiger partial charge in [0.05, 0.1) is 16.3 Å². The molecule has 7 heteroatoms. The first-order chi connectivity index (χ1) is 10.4. The Bertz CT molecular complexity index is 748. The summed E-state index contributed by atoms with van der Waals surface area (Å²) in [5.41, 5.74) is 0. The molecule has 2 aromatic rings. The highest BCUT2D eigenvalue weighted by atomic mass is 32.2. The summed E-state index contributed by atoms with van der Waals surface area (Å²) in [6.07, 6.45) is 1.16. The lowest BCUT2D eigenvalue weighted by molar-refractivity contribution is 0.0951. The van der Waals surface area contributed by atoms with Crippen molar-refractivity contribution in [2.75, 3.05) is 19.4 Å². The summed E-state index contributed by atoms with van der Waals surface area (Å²) < 4.78 is 28.1. The lowest BCUT2D eigenvalue weighted by Crippen LogP contribution is -2.27. The van der Waals surface area contributed by atoms with Crippen LogP contribution < -0.4 is 10.1 Å². The maximum atomic E-state index is 11.8. The quantitative estimate of drug-likeness (QED) is 0.820. The highest BCUT2D eigenvalue weighted by Gasteiger charge is 2.08. The van der Waals surface area contributed by atoms with Crippen LogP contribution in [0.25, 0.3) is 0 Å². The fraction of sp³-hybridized carbons (Fsp3) is 0.267. The number of carbonyl (C=O) groups excluding carboxylic acids is 1. The molecule has 1 amide bonds. The number of thiophene rings is 1. The Kier molecular flexibility index (Phi) is 5.20. The zero-order valence-corrected chi connectivity index (χ0v) is 14.0. The summed E-state index contributed by atoms with van der Waals surface area (Å²) in [7, 11) is -3.20. The molecule has 0 aliphatic rings. The number of hydrogen-bond donors (Lipinski definition) is 1. The van der Waals surface area contributed by atoms with Crippen LogP contribution >= 0.6 is 11.3 Å². The standard InChI is InChI=1S/C15H17NO4S2/c1-11-3-8-14(21-11)15(17)16-9-10-20-12-4-6-13(7-5-12)22(2,18)19/h3-8H,9-10H2,1-2H3,(H,16,17). The monoisotopic (exact) mass is 339 g/mol. The minimum absolute atomic E-state index is 0.117. The van der Waals surface area contributed by atoms with E-state index in [-0.39, 0.29) is 10.8 Å². The fourth-order valence-electron chi connectivity index (χ4n) is 1.76. The van der Waals surface area contributed by atoms with Crippen molar-refractivity contribution in [1.82, 2.24) is 5.32 Å². The lowest BCUT2D eigenvalue weighted by atomic mass is 10.3. The molecule has 1 N–H and O–H groups in total. The molecule has 0 atom stereocenters. The number of carbonyl (C=O) groups is 1. The van der Waals surface area contributed by atoms with Crippen molar-refractivity contribution in [1.29, 1.82) is 0 Å². The summed E-state index contributed by atoms with van der Waals surface area (Å²) >= 11 is 1.44. The number of hydrogen-bond acceptors (Lipinski definition) is 5. The van der Waals surface area contributed by atoms with Crippen LogP contribution in [0, 0.1) is 6.92 Å². The van der Waals surface area contributed by atoms with E-state index in [1.54, 1.807) is 18.2 Å². The zero-order chi connectivity index (χ0) is 16.2. The molecule has 22 heavy (non-hydrogen) atoms. The fourth-order valence-corrected chi connectivity index (χ4v) is 3.17. The van der Waals surface area contributed by atoms with E-state index >= 15 is 0 Å². The van der Waals surface area contributed by atoms with Crippen molar-refractivity contribution < 1.29 is 17.9 Å². The van der Waals surface area contributed by atoms with Gasteiger partial charge in [-0.05, 0) is 43.3 Å². The molecule has 0 radical (unpaired) electrons. The SMILES string of the molecule is Cc1ccc(C(=O)NCCOc2ccc(S(C)(=O)=O)cc2)s1. The van der Waals surface area contributed by atoms with Crippen molar-refractivity contribution in [2.24, 2.45) is 0 Å². The lowest BCUT2D eigenvalue weighted by Gasteiger charge is -2.07. The van der Waals surface area contributed by atoms with Crippen LogP contribution in [0.1, 0.15) is 14.5 Å². The Hall–Kier alpha value is -1.86. The van der Waals surface area contributed by atoms with Gasteiger partial charge in [-0.1, -0.05) is 0 Å². The average molecular weight is 339 g/mol. The molecule has 0 saturated heterocycles. The van der Waals surface area contributed by atoms with Gasteiger partial charge in [-0.2, -0.15) is 0 Å². The molecule has 1 aromatic carbocycles. The first kappa shape index (κ1) is 16.5. The summed E-state index contributed by atoms with van der Waals surface area (Å²) in [5.74, 6) is 0.447. The predicted octanol–water partition coefficient (Wildman–Crippen LogP) is 2.27. The van der Waals surface area contributed by atoms with Gasteiger partial charge >= 0.3 is 0 Å². The van der Waals surface area contributed by atoms with Crippen molar-refractivity contribution >= 4 is 27.1 Å². The van der Waals surface area contributed by atoms with Crippen LogP contribution in [0.2, 0.25) is 0 Å². The molecule has 0 spiro atoms. The highest BCUT2D eigenvalue weighted by molar-refractivity contribution is 7.90. The van der Waals surface area contributed by atoms with Gasteiger partial charge in [0.2, 0.25) is 0 Å². The highest BCUT2D eigenvalue weighted by Crippen LogP contribution is 2.16. The molecule has 1 aromatic heterocycles. The molecule has 0 unspecified atom stereocenters. The maximum Gasteiger partial charge on any atom is 0.261 e. The van der Waals surface area contributed by atoms with Gasteiger partial charge in [0, 0.05) is 11.1 Å². The minimum Gasteiger partial charge on any atom is -0.492 e. The van der Waals surface area contributed by atoms with Gasteiger partial charge < -0.3 is 10.1 Å². The summed E-state index contributed by atoms with van der Waals surface area (Å²) in [5, 5.41) is 2.77. The largest absolute Gasteiger partial charge is 0.492 e. The molecule has 1 heterocycles. The number of rotatable bonds is 6. The molecular formula is C15H17NO4S2. The van der Waals surface area contributed by atoms with Gasteiger partial charge in [0.15, 0.2) is 9.84 Å². The Morgan fingerprint density at radius 3 is 2.41 bits per heavy atom. The third-order valence-electron chi connectivity index (χ3n) is 2.87. The minimum atomic E-state index is -3.20. The second kappa shape index (κ2) is 6.93. The van der Waals surface area contributed by atoms with Gasteiger partial charge in [0.1, 0.15) is 12.4 Å². The Morgan fingerprint density at radius 2 is 1.86 bits per heavy atom. The Morgan fingerprint density at radius 1 is 1.18 bits per heavy atom. The van der Waals surface area contributed by atoms with Crippen molar-refractivity contribution in [3.8, 4) is 5.75 Å². The molecule has 118 valence electrons. The first-order valence-electron chi connectivity index (χ1n) is 6.64. The normalized spacial score (nSPS) is 11.2. The van der Waals surface area contributed by atoms with Gasteiger partial charge in [0.25, 0.3) is 5.91 Å². The van der Waals surface area contributed by atoms with E-state index in [9.17, 15) is 13.2 Å². The van der Waals surface area contributed by atoms with Crippen LogP contribution in [0.5, 0.6) is 5.75 Å². The summed E-state index contributed by atoms with van der Waals surface area (Å²) in [6.45, 7) is 2.64. The smallest absolute Gasteiger partial charge is 0.261 e. The van der Waals surface area contributed by atoms with Gasteiger partial charge in [-0.25, -0.2) is 8.42 Å². The molecule has 0 aliphatic heterocycles. The van der Waals surface area contributed by atoms with Crippen LogP contribution in [0.4, 0.5) is 0 Å². The molecule has 5 nitrogen and oxygen atoms in total. The predicted molar refractivity (Wildman–Crippen MR) is 86.4 cm³/mol. The van der Waals surface area contributed by atoms with Crippen LogP contribution in [-0.4, -0.2) is 33.7 Å². The van der Waals surface area contributed by atoms with E-state index in [1.165, 1.54) is 23.5 Å². The number of benzene rings is 1. The van der Waals surface area contributed by atoms with E-state index < -0.39 is 9.84 Å². The molecule has 0 bridgehead atoms. The average Bonchev–Trinajstić information content (AvgIpc) is 2.89. The first-order valence-corrected chi connectivity index (χ1v) is 9.34. The van der Waals surface area contributed by atoms with E-state index in [0.29, 0.717) is 23.8 Å². The second-order valence-corrected chi connectivity index (χ2v) is 8.06. The number of sulfone groups is 1. The van der Waals surface area contributed by atoms with Gasteiger partial charge in [-0.3, -0.25) is 4.79 Å². The van der Waals surface area contributed by atoms with E-state index in [0.717, 1.165) is 11.1 Å². The molecular weight excluding hydrogens is 322 g/mol. The number of nitrogens with one attached hydrogen (secondary N) is 1. The third kappa shape index (κ3) is 4.57. The number of amides is 1. The maximum absolute atomic E-state index is 11.8. The van der Waals surface area contributed by atoms with E-state index in [1.807, 2.05) is 13.0 Å². The number of ether oxygens (including phenoxy) is 1. The second-order valence-electron chi connectivity index (χ2n) is 4.76. The van der Waals surface area contributed by atoms with Crippen LogP contribution in [-0.2, 0) is 9.84 Å².